The number of amides is 1. The van der Waals surface area contributed by atoms with Crippen molar-refractivity contribution in [2.75, 3.05) is 17.2 Å². The number of thiazole rings is 1. The van der Waals surface area contributed by atoms with Crippen LogP contribution in [0, 0.1) is 5.82 Å². The number of nitrogens with zero attached hydrogens (tertiary/aromatic N) is 1. The molecule has 0 fully saturated rings. The number of hydrogen-bond acceptors (Lipinski definition) is 4. The van der Waals surface area contributed by atoms with Gasteiger partial charge in [-0.15, -0.1) is 11.3 Å². The minimum Gasteiger partial charge on any atom is -0.376 e. The standard InChI is InChI=1S/C21H28FN3OS/c22-16-10-9-11-17(14-16)23-15-20(26)25-21-24-18-12-7-5-3-1-2-4-6-8-13-19(18)27-21/h9-11,14,23H,1-8,12-13,15H2,(H,24,25,26). The average molecular weight is 390 g/mol. The summed E-state index contributed by atoms with van der Waals surface area (Å²) in [5, 5.41) is 6.52. The number of carbonyl (C=O) groups is 1. The number of fused-ring (bicyclic) bond motifs is 1. The Morgan fingerprint density at radius 2 is 1.74 bits per heavy atom. The van der Waals surface area contributed by atoms with E-state index in [0.717, 1.165) is 18.5 Å². The summed E-state index contributed by atoms with van der Waals surface area (Å²) in [6.07, 6.45) is 12.3. The number of halogens is 1. The molecule has 0 saturated heterocycles. The van der Waals surface area contributed by atoms with E-state index in [1.807, 2.05) is 0 Å². The first kappa shape index (κ1) is 19.8. The van der Waals surface area contributed by atoms with Crippen molar-refractivity contribution >= 4 is 28.1 Å². The van der Waals surface area contributed by atoms with Gasteiger partial charge >= 0.3 is 0 Å². The lowest BCUT2D eigenvalue weighted by Gasteiger charge is -2.06. The molecule has 1 aliphatic rings. The van der Waals surface area contributed by atoms with Gasteiger partial charge in [-0.25, -0.2) is 9.37 Å². The molecule has 0 unspecified atom stereocenters. The molecule has 1 heterocycles. The van der Waals surface area contributed by atoms with Crippen LogP contribution in [-0.2, 0) is 17.6 Å². The first-order chi connectivity index (χ1) is 13.2. The van der Waals surface area contributed by atoms with Crippen LogP contribution in [0.3, 0.4) is 0 Å². The fourth-order valence-corrected chi connectivity index (χ4v) is 4.48. The Kier molecular flexibility index (Phi) is 7.63. The Balaban J connectivity index is 1.56. The zero-order valence-corrected chi connectivity index (χ0v) is 16.5. The second-order valence-electron chi connectivity index (χ2n) is 7.13. The maximum absolute atomic E-state index is 13.2. The predicted octanol–water partition coefficient (Wildman–Crippen LogP) is 5.55. The molecule has 0 aliphatic heterocycles. The number of hydrogen-bond donors (Lipinski definition) is 2. The van der Waals surface area contributed by atoms with Crippen molar-refractivity contribution in [3.8, 4) is 0 Å². The Labute approximate surface area is 164 Å². The van der Waals surface area contributed by atoms with Crippen LogP contribution in [0.25, 0.3) is 0 Å². The SMILES string of the molecule is O=C(CNc1cccc(F)c1)Nc1nc2c(s1)CCCCCCCCCC2. The summed E-state index contributed by atoms with van der Waals surface area (Å²) in [6.45, 7) is 0.0910. The zero-order valence-electron chi connectivity index (χ0n) is 15.7. The van der Waals surface area contributed by atoms with Gasteiger partial charge in [-0.3, -0.25) is 4.79 Å². The van der Waals surface area contributed by atoms with Crippen molar-refractivity contribution in [1.29, 1.82) is 0 Å². The molecule has 1 aromatic heterocycles. The molecule has 6 heteroatoms. The highest BCUT2D eigenvalue weighted by molar-refractivity contribution is 7.15. The Morgan fingerprint density at radius 3 is 2.48 bits per heavy atom. The zero-order chi connectivity index (χ0) is 18.9. The molecule has 2 N–H and O–H groups in total. The molecule has 0 spiro atoms. The molecule has 0 bridgehead atoms. The van der Waals surface area contributed by atoms with E-state index >= 15 is 0 Å². The van der Waals surface area contributed by atoms with Crippen LogP contribution < -0.4 is 10.6 Å². The van der Waals surface area contributed by atoms with Crippen LogP contribution in [-0.4, -0.2) is 17.4 Å². The van der Waals surface area contributed by atoms with Gasteiger partial charge in [-0.05, 0) is 43.9 Å². The molecule has 4 nitrogen and oxygen atoms in total. The smallest absolute Gasteiger partial charge is 0.245 e. The van der Waals surface area contributed by atoms with E-state index in [0.29, 0.717) is 10.8 Å². The number of aryl methyl sites for hydroxylation is 2. The van der Waals surface area contributed by atoms with Crippen molar-refractivity contribution in [3.05, 3.63) is 40.7 Å². The third kappa shape index (κ3) is 6.61. The van der Waals surface area contributed by atoms with Gasteiger partial charge in [0.25, 0.3) is 0 Å². The van der Waals surface area contributed by atoms with Gasteiger partial charge in [0.2, 0.25) is 5.91 Å². The number of rotatable bonds is 4. The van der Waals surface area contributed by atoms with E-state index in [2.05, 4.69) is 15.6 Å². The molecule has 0 atom stereocenters. The molecule has 0 radical (unpaired) electrons. The minimum atomic E-state index is -0.321. The van der Waals surface area contributed by atoms with Crippen LogP contribution in [0.2, 0.25) is 0 Å². The van der Waals surface area contributed by atoms with Crippen LogP contribution in [0.5, 0.6) is 0 Å². The fourth-order valence-electron chi connectivity index (χ4n) is 3.41. The van der Waals surface area contributed by atoms with Gasteiger partial charge in [-0.2, -0.15) is 0 Å². The molecule has 146 valence electrons. The third-order valence-corrected chi connectivity index (χ3v) is 5.94. The van der Waals surface area contributed by atoms with E-state index in [1.165, 1.54) is 68.4 Å². The molecule has 1 aromatic carbocycles. The van der Waals surface area contributed by atoms with Gasteiger partial charge in [0, 0.05) is 10.6 Å². The molecular weight excluding hydrogens is 361 g/mol. The van der Waals surface area contributed by atoms with E-state index in [-0.39, 0.29) is 18.3 Å². The molecule has 3 rings (SSSR count). The van der Waals surface area contributed by atoms with Crippen LogP contribution >= 0.6 is 11.3 Å². The number of aromatic nitrogens is 1. The quantitative estimate of drug-likeness (QED) is 0.720. The molecule has 0 saturated carbocycles. The van der Waals surface area contributed by atoms with Crippen molar-refractivity contribution in [3.63, 3.8) is 0 Å². The summed E-state index contributed by atoms with van der Waals surface area (Å²) in [6, 6.07) is 6.11. The van der Waals surface area contributed by atoms with Gasteiger partial charge in [0.15, 0.2) is 5.13 Å². The number of nitrogens with one attached hydrogen (secondary N) is 2. The van der Waals surface area contributed by atoms with Gasteiger partial charge in [-0.1, -0.05) is 44.6 Å². The van der Waals surface area contributed by atoms with Crippen molar-refractivity contribution in [2.24, 2.45) is 0 Å². The Morgan fingerprint density at radius 1 is 1.04 bits per heavy atom. The van der Waals surface area contributed by atoms with Crippen molar-refractivity contribution in [2.45, 2.75) is 64.2 Å². The van der Waals surface area contributed by atoms with Crippen LogP contribution in [0.4, 0.5) is 15.2 Å². The lowest BCUT2D eigenvalue weighted by molar-refractivity contribution is -0.114. The summed E-state index contributed by atoms with van der Waals surface area (Å²) in [7, 11) is 0. The highest BCUT2D eigenvalue weighted by Gasteiger charge is 2.13. The average Bonchev–Trinajstić information content (AvgIpc) is 3.01. The third-order valence-electron chi connectivity index (χ3n) is 4.87. The minimum absolute atomic E-state index is 0.0910. The van der Waals surface area contributed by atoms with Crippen molar-refractivity contribution in [1.82, 2.24) is 4.98 Å². The van der Waals surface area contributed by atoms with Gasteiger partial charge in [0.1, 0.15) is 5.82 Å². The summed E-state index contributed by atoms with van der Waals surface area (Å²) in [4.78, 5) is 18.2. The normalized spacial score (nSPS) is 15.9. The van der Waals surface area contributed by atoms with Crippen LogP contribution in [0.1, 0.15) is 61.9 Å². The number of anilines is 2. The molecule has 1 amide bonds. The molecule has 1 aliphatic carbocycles. The predicted molar refractivity (Wildman–Crippen MR) is 110 cm³/mol. The topological polar surface area (TPSA) is 54.0 Å². The number of carbonyl (C=O) groups excluding carboxylic acids is 1. The monoisotopic (exact) mass is 389 g/mol. The van der Waals surface area contributed by atoms with E-state index < -0.39 is 0 Å². The fraction of sp³-hybridized carbons (Fsp3) is 0.524. The van der Waals surface area contributed by atoms with Crippen LogP contribution in [0.15, 0.2) is 24.3 Å². The van der Waals surface area contributed by atoms with E-state index in [9.17, 15) is 9.18 Å². The Bertz CT molecular complexity index is 717. The Hall–Kier alpha value is -1.95. The van der Waals surface area contributed by atoms with Crippen molar-refractivity contribution < 1.29 is 9.18 Å². The second-order valence-corrected chi connectivity index (χ2v) is 8.21. The highest BCUT2D eigenvalue weighted by Crippen LogP contribution is 2.27. The van der Waals surface area contributed by atoms with Gasteiger partial charge in [0.05, 0.1) is 12.2 Å². The first-order valence-electron chi connectivity index (χ1n) is 9.98. The lowest BCUT2D eigenvalue weighted by Crippen LogP contribution is -2.21. The first-order valence-corrected chi connectivity index (χ1v) is 10.8. The largest absolute Gasteiger partial charge is 0.376 e. The highest BCUT2D eigenvalue weighted by atomic mass is 32.1. The maximum atomic E-state index is 13.2. The molecule has 2 aromatic rings. The summed E-state index contributed by atoms with van der Waals surface area (Å²) in [5.74, 6) is -0.484. The summed E-state index contributed by atoms with van der Waals surface area (Å²) in [5.41, 5.74) is 1.75. The maximum Gasteiger partial charge on any atom is 0.245 e. The number of benzene rings is 1. The van der Waals surface area contributed by atoms with Gasteiger partial charge < -0.3 is 10.6 Å². The second kappa shape index (κ2) is 10.4. The summed E-state index contributed by atoms with van der Waals surface area (Å²) >= 11 is 1.61. The summed E-state index contributed by atoms with van der Waals surface area (Å²) < 4.78 is 13.2. The lowest BCUT2D eigenvalue weighted by atomic mass is 10.0. The van der Waals surface area contributed by atoms with E-state index in [1.54, 1.807) is 23.5 Å². The molecule has 27 heavy (non-hydrogen) atoms. The van der Waals surface area contributed by atoms with E-state index in [4.69, 9.17) is 0 Å². The molecular formula is C21H28FN3OS.